The van der Waals surface area contributed by atoms with Crippen LogP contribution in [0.5, 0.6) is 0 Å². The van der Waals surface area contributed by atoms with Crippen LogP contribution in [0.25, 0.3) is 22.2 Å². The van der Waals surface area contributed by atoms with Crippen LogP contribution in [-0.4, -0.2) is 83.2 Å². The van der Waals surface area contributed by atoms with E-state index in [9.17, 15) is 18.0 Å². The number of rotatable bonds is 9. The van der Waals surface area contributed by atoms with Crippen LogP contribution < -0.4 is 15.5 Å². The van der Waals surface area contributed by atoms with Gasteiger partial charge in [-0.1, -0.05) is 32.0 Å². The normalized spacial score (nSPS) is 15.7. The molecule has 4 aromatic rings. The molecule has 0 bridgehead atoms. The lowest BCUT2D eigenvalue weighted by Gasteiger charge is -2.35. The van der Waals surface area contributed by atoms with Gasteiger partial charge in [-0.25, -0.2) is 15.0 Å². The Morgan fingerprint density at radius 1 is 1.00 bits per heavy atom. The Balaban J connectivity index is 1.21. The van der Waals surface area contributed by atoms with E-state index in [1.807, 2.05) is 35.2 Å². The molecule has 1 fully saturated rings. The average Bonchev–Trinajstić information content (AvgIpc) is 3.02. The summed E-state index contributed by atoms with van der Waals surface area (Å²) >= 11 is 0. The first-order chi connectivity index (χ1) is 20.6. The van der Waals surface area contributed by atoms with Gasteiger partial charge < -0.3 is 15.5 Å². The summed E-state index contributed by atoms with van der Waals surface area (Å²) in [6, 6.07) is 13.4. The van der Waals surface area contributed by atoms with Crippen LogP contribution in [-0.2, 0) is 0 Å². The van der Waals surface area contributed by atoms with E-state index in [0.29, 0.717) is 49.8 Å². The fraction of sp³-hybridized carbons (Fsp3) is 0.387. The van der Waals surface area contributed by atoms with Crippen molar-refractivity contribution in [1.29, 1.82) is 0 Å². The third-order valence-electron chi connectivity index (χ3n) is 8.03. The maximum atomic E-state index is 12.7. The molecule has 2 N–H and O–H groups in total. The van der Waals surface area contributed by atoms with Crippen molar-refractivity contribution in [2.24, 2.45) is 5.92 Å². The number of para-hydroxylation sites is 1. The quantitative estimate of drug-likeness (QED) is 0.281. The number of alkyl halides is 3. The van der Waals surface area contributed by atoms with E-state index in [0.717, 1.165) is 27.8 Å². The molecule has 12 heteroatoms. The molecule has 1 aliphatic rings. The fourth-order valence-electron chi connectivity index (χ4n) is 5.37. The molecule has 226 valence electrons. The summed E-state index contributed by atoms with van der Waals surface area (Å²) in [7, 11) is 1.62. The van der Waals surface area contributed by atoms with Gasteiger partial charge >= 0.3 is 6.18 Å². The summed E-state index contributed by atoms with van der Waals surface area (Å²) < 4.78 is 38.1. The molecule has 0 saturated carbocycles. The zero-order valence-corrected chi connectivity index (χ0v) is 24.4. The summed E-state index contributed by atoms with van der Waals surface area (Å²) in [5, 5.41) is 6.95. The minimum Gasteiger partial charge on any atom is -0.370 e. The monoisotopic (exact) mass is 592 g/mol. The fourth-order valence-corrected chi connectivity index (χ4v) is 5.37. The molecule has 1 saturated heterocycles. The van der Waals surface area contributed by atoms with E-state index < -0.39 is 12.7 Å². The van der Waals surface area contributed by atoms with E-state index in [-0.39, 0.29) is 17.7 Å². The minimum absolute atomic E-state index is 0.140. The lowest BCUT2D eigenvalue weighted by molar-refractivity contribution is -0.146. The Kier molecular flexibility index (Phi) is 9.05. The highest BCUT2D eigenvalue weighted by Crippen LogP contribution is 2.31. The lowest BCUT2D eigenvalue weighted by atomic mass is 9.87. The Bertz CT molecular complexity index is 1560. The average molecular weight is 593 g/mol. The predicted octanol–water partition coefficient (Wildman–Crippen LogP) is 4.98. The summed E-state index contributed by atoms with van der Waals surface area (Å²) in [6.07, 6.45) is 0.731. The molecule has 1 amide bonds. The molecule has 1 aliphatic heterocycles. The van der Waals surface area contributed by atoms with Crippen molar-refractivity contribution in [3.8, 4) is 11.3 Å². The van der Waals surface area contributed by atoms with Gasteiger partial charge in [-0.05, 0) is 35.6 Å². The molecular formula is C31H35F3N8O. The molecule has 0 radical (unpaired) electrons. The summed E-state index contributed by atoms with van der Waals surface area (Å²) in [6.45, 7) is 5.76. The number of nitrogens with zero attached hydrogens (tertiary/aromatic N) is 6. The van der Waals surface area contributed by atoms with E-state index >= 15 is 0 Å². The zero-order valence-electron chi connectivity index (χ0n) is 24.4. The molecule has 3 aromatic heterocycles. The van der Waals surface area contributed by atoms with Crippen LogP contribution >= 0.6 is 0 Å². The number of halogens is 3. The number of amides is 1. The van der Waals surface area contributed by atoms with Crippen LogP contribution in [0.3, 0.4) is 0 Å². The standard InChI is InChI=1S/C31H35F3N8O/c1-20(21(2)23-5-4-6-24-25(30(43)35-3)9-10-36-29(23)24)16-37-27-15-26(39-19-40-27)22-7-8-28(38-17-22)42-13-11-41(12-14-42)18-31(32,33)34/h4-10,15,17,19-21H,11-14,16,18H2,1-3H3,(H,35,43)(H,37,39,40). The first-order valence-electron chi connectivity index (χ1n) is 14.3. The molecule has 0 spiro atoms. The Hall–Kier alpha value is -4.32. The molecule has 43 heavy (non-hydrogen) atoms. The molecule has 1 aromatic carbocycles. The SMILES string of the molecule is CNC(=O)c1ccnc2c(C(C)C(C)CNc3cc(-c4ccc(N5CCN(CC(F)(F)F)CC5)nc4)ncn3)cccc12. The number of hydrogen-bond donors (Lipinski definition) is 2. The van der Waals surface area contributed by atoms with Crippen LogP contribution in [0.4, 0.5) is 24.8 Å². The number of piperazine rings is 1. The number of nitrogens with one attached hydrogen (secondary N) is 2. The largest absolute Gasteiger partial charge is 0.401 e. The highest BCUT2D eigenvalue weighted by molar-refractivity contribution is 6.06. The van der Waals surface area contributed by atoms with E-state index in [4.69, 9.17) is 0 Å². The van der Waals surface area contributed by atoms with Gasteiger partial charge in [0.2, 0.25) is 0 Å². The summed E-state index contributed by atoms with van der Waals surface area (Å²) in [5.41, 5.74) is 4.04. The number of carbonyl (C=O) groups is 1. The van der Waals surface area contributed by atoms with Crippen molar-refractivity contribution in [2.75, 3.05) is 56.5 Å². The highest BCUT2D eigenvalue weighted by Gasteiger charge is 2.32. The first-order valence-corrected chi connectivity index (χ1v) is 14.3. The summed E-state index contributed by atoms with van der Waals surface area (Å²) in [5.74, 6) is 1.64. The summed E-state index contributed by atoms with van der Waals surface area (Å²) in [4.78, 5) is 33.8. The molecular weight excluding hydrogens is 557 g/mol. The number of fused-ring (bicyclic) bond motifs is 1. The van der Waals surface area contributed by atoms with Crippen molar-refractivity contribution in [2.45, 2.75) is 25.9 Å². The van der Waals surface area contributed by atoms with E-state index in [1.165, 1.54) is 11.2 Å². The Labute approximate surface area is 248 Å². The van der Waals surface area contributed by atoms with Crippen LogP contribution in [0.15, 0.2) is 61.2 Å². The van der Waals surface area contributed by atoms with Gasteiger partial charge in [-0.3, -0.25) is 14.7 Å². The zero-order chi connectivity index (χ0) is 30.6. The number of anilines is 2. The van der Waals surface area contributed by atoms with Gasteiger partial charge in [0.1, 0.15) is 18.0 Å². The molecule has 5 rings (SSSR count). The maximum absolute atomic E-state index is 12.7. The highest BCUT2D eigenvalue weighted by atomic mass is 19.4. The molecule has 4 heterocycles. The van der Waals surface area contributed by atoms with Crippen molar-refractivity contribution < 1.29 is 18.0 Å². The van der Waals surface area contributed by atoms with Crippen molar-refractivity contribution in [3.05, 3.63) is 72.3 Å². The van der Waals surface area contributed by atoms with Crippen LogP contribution in [0.2, 0.25) is 0 Å². The lowest BCUT2D eigenvalue weighted by Crippen LogP contribution is -2.49. The number of aromatic nitrogens is 4. The third kappa shape index (κ3) is 7.19. The van der Waals surface area contributed by atoms with E-state index in [1.54, 1.807) is 25.5 Å². The van der Waals surface area contributed by atoms with Crippen LogP contribution in [0.1, 0.15) is 35.7 Å². The van der Waals surface area contributed by atoms with Crippen molar-refractivity contribution >= 4 is 28.4 Å². The molecule has 2 unspecified atom stereocenters. The van der Waals surface area contributed by atoms with Gasteiger partial charge in [0.15, 0.2) is 0 Å². The Morgan fingerprint density at radius 2 is 1.79 bits per heavy atom. The van der Waals surface area contributed by atoms with Gasteiger partial charge in [0, 0.05) is 69.2 Å². The number of pyridine rings is 2. The van der Waals surface area contributed by atoms with Crippen LogP contribution in [0, 0.1) is 5.92 Å². The van der Waals surface area contributed by atoms with Crippen molar-refractivity contribution in [3.63, 3.8) is 0 Å². The van der Waals surface area contributed by atoms with Gasteiger partial charge in [-0.15, -0.1) is 0 Å². The molecule has 0 aliphatic carbocycles. The molecule has 9 nitrogen and oxygen atoms in total. The third-order valence-corrected chi connectivity index (χ3v) is 8.03. The second-order valence-electron chi connectivity index (χ2n) is 10.9. The van der Waals surface area contributed by atoms with Gasteiger partial charge in [-0.2, -0.15) is 13.2 Å². The second-order valence-corrected chi connectivity index (χ2v) is 10.9. The minimum atomic E-state index is -4.18. The number of hydrogen-bond acceptors (Lipinski definition) is 8. The van der Waals surface area contributed by atoms with E-state index in [2.05, 4.69) is 50.5 Å². The first kappa shape index (κ1) is 30.1. The number of carbonyl (C=O) groups excluding carboxylic acids is 1. The maximum Gasteiger partial charge on any atom is 0.401 e. The number of benzene rings is 1. The van der Waals surface area contributed by atoms with Gasteiger partial charge in [0.05, 0.1) is 23.3 Å². The van der Waals surface area contributed by atoms with Gasteiger partial charge in [0.25, 0.3) is 5.91 Å². The smallest absolute Gasteiger partial charge is 0.370 e. The second kappa shape index (κ2) is 12.9. The van der Waals surface area contributed by atoms with Crippen molar-refractivity contribution in [1.82, 2.24) is 30.2 Å². The Morgan fingerprint density at radius 3 is 2.49 bits per heavy atom. The topological polar surface area (TPSA) is 99.2 Å². The molecule has 2 atom stereocenters. The predicted molar refractivity (Wildman–Crippen MR) is 161 cm³/mol.